The zero-order valence-electron chi connectivity index (χ0n) is 11.4. The highest BCUT2D eigenvalue weighted by Gasteiger charge is 2.22. The number of benzene rings is 1. The molecule has 0 radical (unpaired) electrons. The van der Waals surface area contributed by atoms with Gasteiger partial charge in [0.2, 0.25) is 5.91 Å². The highest BCUT2D eigenvalue weighted by molar-refractivity contribution is 5.73. The van der Waals surface area contributed by atoms with Crippen LogP contribution in [0.1, 0.15) is 12.5 Å². The summed E-state index contributed by atoms with van der Waals surface area (Å²) >= 11 is 0. The predicted molar refractivity (Wildman–Crippen MR) is 73.6 cm³/mol. The zero-order chi connectivity index (χ0) is 13.8. The number of carbonyl (C=O) groups is 1. The van der Waals surface area contributed by atoms with E-state index in [1.165, 1.54) is 6.07 Å². The van der Waals surface area contributed by atoms with Gasteiger partial charge in [-0.15, -0.1) is 0 Å². The first kappa shape index (κ1) is 13.8. The molecule has 1 aromatic carbocycles. The number of hydrogen-bond acceptors (Lipinski definition) is 3. The third-order valence-corrected chi connectivity index (χ3v) is 3.48. The van der Waals surface area contributed by atoms with E-state index in [4.69, 9.17) is 0 Å². The second kappa shape index (κ2) is 6.02. The van der Waals surface area contributed by atoms with E-state index in [1.807, 2.05) is 18.0 Å². The molecule has 0 aliphatic carbocycles. The molecule has 1 aromatic rings. The minimum atomic E-state index is -0.191. The summed E-state index contributed by atoms with van der Waals surface area (Å²) in [4.78, 5) is 15.1. The molecule has 0 spiro atoms. The summed E-state index contributed by atoms with van der Waals surface area (Å²) in [6.45, 7) is 4.88. The quantitative estimate of drug-likeness (QED) is 0.892. The second-order valence-electron chi connectivity index (χ2n) is 4.77. The molecule has 104 valence electrons. The Bertz CT molecular complexity index is 456. The molecule has 19 heavy (non-hydrogen) atoms. The number of rotatable bonds is 3. The van der Waals surface area contributed by atoms with Gasteiger partial charge in [-0.3, -0.25) is 4.79 Å². The lowest BCUT2D eigenvalue weighted by Crippen LogP contribution is -2.48. The molecule has 1 heterocycles. The van der Waals surface area contributed by atoms with Gasteiger partial charge in [-0.1, -0.05) is 12.1 Å². The minimum Gasteiger partial charge on any atom is -0.365 e. The molecule has 0 unspecified atom stereocenters. The molecule has 2 rings (SSSR count). The highest BCUT2D eigenvalue weighted by Crippen LogP contribution is 2.25. The van der Waals surface area contributed by atoms with Gasteiger partial charge >= 0.3 is 0 Å². The number of nitrogens with one attached hydrogen (secondary N) is 1. The molecule has 0 saturated carbocycles. The number of piperazine rings is 1. The summed E-state index contributed by atoms with van der Waals surface area (Å²) in [5.74, 6) is -0.104. The minimum absolute atomic E-state index is 0.0867. The van der Waals surface area contributed by atoms with Crippen LogP contribution in [0.4, 0.5) is 10.1 Å². The molecule has 1 aliphatic rings. The molecule has 0 atom stereocenters. The van der Waals surface area contributed by atoms with Crippen molar-refractivity contribution in [2.45, 2.75) is 13.5 Å². The lowest BCUT2D eigenvalue weighted by atomic mass is 10.1. The number of amides is 1. The van der Waals surface area contributed by atoms with Crippen LogP contribution in [0.15, 0.2) is 18.2 Å². The molecule has 1 saturated heterocycles. The Kier molecular flexibility index (Phi) is 4.37. The fraction of sp³-hybridized carbons (Fsp3) is 0.500. The second-order valence-corrected chi connectivity index (χ2v) is 4.77. The fourth-order valence-corrected chi connectivity index (χ4v) is 2.49. The van der Waals surface area contributed by atoms with E-state index in [9.17, 15) is 9.18 Å². The Labute approximate surface area is 113 Å². The number of carbonyl (C=O) groups excluding carboxylic acids is 1. The first-order chi connectivity index (χ1) is 9.13. The van der Waals surface area contributed by atoms with Gasteiger partial charge in [0.25, 0.3) is 0 Å². The SMILES string of the molecule is CNCc1cccc(F)c1N1CCN(C(C)=O)CC1. The van der Waals surface area contributed by atoms with E-state index in [1.54, 1.807) is 17.9 Å². The maximum absolute atomic E-state index is 14.1. The van der Waals surface area contributed by atoms with Crippen molar-refractivity contribution >= 4 is 11.6 Å². The molecule has 1 fully saturated rings. The third kappa shape index (κ3) is 3.04. The maximum atomic E-state index is 14.1. The average Bonchev–Trinajstić information content (AvgIpc) is 2.39. The standard InChI is InChI=1S/C14H20FN3O/c1-11(19)17-6-8-18(9-7-17)14-12(10-16-2)4-3-5-13(14)15/h3-5,16H,6-10H2,1-2H3. The molecular formula is C14H20FN3O. The van der Waals surface area contributed by atoms with Crippen LogP contribution >= 0.6 is 0 Å². The predicted octanol–water partition coefficient (Wildman–Crippen LogP) is 1.21. The molecule has 5 heteroatoms. The number of nitrogens with zero attached hydrogens (tertiary/aromatic N) is 2. The zero-order valence-corrected chi connectivity index (χ0v) is 11.4. The first-order valence-corrected chi connectivity index (χ1v) is 6.56. The highest BCUT2D eigenvalue weighted by atomic mass is 19.1. The largest absolute Gasteiger partial charge is 0.365 e. The van der Waals surface area contributed by atoms with E-state index < -0.39 is 0 Å². The van der Waals surface area contributed by atoms with Crippen LogP contribution in [0.25, 0.3) is 0 Å². The molecule has 0 bridgehead atoms. The van der Waals surface area contributed by atoms with Crippen LogP contribution < -0.4 is 10.2 Å². The van der Waals surface area contributed by atoms with Crippen LogP contribution in [0.5, 0.6) is 0 Å². The number of para-hydroxylation sites is 1. The van der Waals surface area contributed by atoms with Crippen molar-refractivity contribution in [2.75, 3.05) is 38.1 Å². The van der Waals surface area contributed by atoms with Crippen molar-refractivity contribution in [3.63, 3.8) is 0 Å². The molecule has 1 N–H and O–H groups in total. The fourth-order valence-electron chi connectivity index (χ4n) is 2.49. The summed E-state index contributed by atoms with van der Waals surface area (Å²) in [6, 6.07) is 5.16. The average molecular weight is 265 g/mol. The van der Waals surface area contributed by atoms with Gasteiger partial charge in [-0.2, -0.15) is 0 Å². The van der Waals surface area contributed by atoms with E-state index >= 15 is 0 Å². The van der Waals surface area contributed by atoms with Gasteiger partial charge in [0.1, 0.15) is 5.82 Å². The summed E-state index contributed by atoms with van der Waals surface area (Å²) < 4.78 is 14.1. The Morgan fingerprint density at radius 1 is 1.32 bits per heavy atom. The van der Waals surface area contributed by atoms with Crippen LogP contribution in [-0.4, -0.2) is 44.0 Å². The normalized spacial score (nSPS) is 15.7. The topological polar surface area (TPSA) is 35.6 Å². The van der Waals surface area contributed by atoms with Crippen LogP contribution in [-0.2, 0) is 11.3 Å². The lowest BCUT2D eigenvalue weighted by Gasteiger charge is -2.36. The van der Waals surface area contributed by atoms with Gasteiger partial charge in [0.05, 0.1) is 5.69 Å². The summed E-state index contributed by atoms with van der Waals surface area (Å²) in [5.41, 5.74) is 1.62. The van der Waals surface area contributed by atoms with Crippen LogP contribution in [0.2, 0.25) is 0 Å². The molecular weight excluding hydrogens is 245 g/mol. The number of anilines is 1. The van der Waals surface area contributed by atoms with Crippen molar-refractivity contribution in [1.29, 1.82) is 0 Å². The smallest absolute Gasteiger partial charge is 0.219 e. The van der Waals surface area contributed by atoms with Crippen LogP contribution in [0.3, 0.4) is 0 Å². The van der Waals surface area contributed by atoms with E-state index in [0.717, 1.165) is 5.56 Å². The monoisotopic (exact) mass is 265 g/mol. The van der Waals surface area contributed by atoms with Gasteiger partial charge < -0.3 is 15.1 Å². The number of halogens is 1. The van der Waals surface area contributed by atoms with Crippen molar-refractivity contribution in [3.05, 3.63) is 29.6 Å². The molecule has 1 aliphatic heterocycles. The van der Waals surface area contributed by atoms with E-state index in [-0.39, 0.29) is 11.7 Å². The van der Waals surface area contributed by atoms with Crippen molar-refractivity contribution in [3.8, 4) is 0 Å². The van der Waals surface area contributed by atoms with E-state index in [0.29, 0.717) is 38.4 Å². The Morgan fingerprint density at radius 2 is 2.00 bits per heavy atom. The Balaban J connectivity index is 2.16. The maximum Gasteiger partial charge on any atom is 0.219 e. The van der Waals surface area contributed by atoms with E-state index in [2.05, 4.69) is 5.32 Å². The lowest BCUT2D eigenvalue weighted by molar-refractivity contribution is -0.129. The van der Waals surface area contributed by atoms with Crippen LogP contribution in [0, 0.1) is 5.82 Å². The van der Waals surface area contributed by atoms with Gasteiger partial charge in [0.15, 0.2) is 0 Å². The van der Waals surface area contributed by atoms with Crippen molar-refractivity contribution < 1.29 is 9.18 Å². The summed E-state index contributed by atoms with van der Waals surface area (Å²) in [7, 11) is 1.85. The summed E-state index contributed by atoms with van der Waals surface area (Å²) in [6.07, 6.45) is 0. The van der Waals surface area contributed by atoms with Crippen molar-refractivity contribution in [2.24, 2.45) is 0 Å². The Morgan fingerprint density at radius 3 is 2.58 bits per heavy atom. The number of hydrogen-bond donors (Lipinski definition) is 1. The Hall–Kier alpha value is -1.62. The first-order valence-electron chi connectivity index (χ1n) is 6.56. The third-order valence-electron chi connectivity index (χ3n) is 3.48. The van der Waals surface area contributed by atoms with Gasteiger partial charge in [0, 0.05) is 39.6 Å². The van der Waals surface area contributed by atoms with Gasteiger partial charge in [-0.25, -0.2) is 4.39 Å². The van der Waals surface area contributed by atoms with Gasteiger partial charge in [-0.05, 0) is 18.7 Å². The molecule has 4 nitrogen and oxygen atoms in total. The van der Waals surface area contributed by atoms with Crippen molar-refractivity contribution in [1.82, 2.24) is 10.2 Å². The summed E-state index contributed by atoms with van der Waals surface area (Å²) in [5, 5.41) is 3.06. The molecule has 0 aromatic heterocycles. The molecule has 1 amide bonds.